The smallest absolute Gasteiger partial charge is 0.198 e. The van der Waals surface area contributed by atoms with Crippen molar-refractivity contribution in [1.29, 1.82) is 0 Å². The lowest BCUT2D eigenvalue weighted by Crippen LogP contribution is -1.84. The molecular formula is C15H13N3O. The normalized spacial score (nSPS) is 11.4. The molecule has 3 rings (SSSR count). The van der Waals surface area contributed by atoms with Gasteiger partial charge in [-0.3, -0.25) is 9.98 Å². The predicted molar refractivity (Wildman–Crippen MR) is 75.5 cm³/mol. The molecule has 0 aliphatic carbocycles. The van der Waals surface area contributed by atoms with E-state index >= 15 is 0 Å². The number of rotatable bonds is 3. The Morgan fingerprint density at radius 3 is 2.79 bits per heavy atom. The van der Waals surface area contributed by atoms with Crippen LogP contribution >= 0.6 is 0 Å². The molecule has 2 heterocycles. The Labute approximate surface area is 110 Å². The van der Waals surface area contributed by atoms with Crippen LogP contribution in [0.1, 0.15) is 11.1 Å². The second kappa shape index (κ2) is 4.94. The van der Waals surface area contributed by atoms with Gasteiger partial charge in [0.15, 0.2) is 5.88 Å². The average Bonchev–Trinajstić information content (AvgIpc) is 2.76. The van der Waals surface area contributed by atoms with Gasteiger partial charge in [0.1, 0.15) is 0 Å². The van der Waals surface area contributed by atoms with E-state index in [-0.39, 0.29) is 5.88 Å². The molecule has 0 unspecified atom stereocenters. The maximum Gasteiger partial charge on any atom is 0.198 e. The second-order valence-corrected chi connectivity index (χ2v) is 4.26. The number of aromatic hydroxyl groups is 1. The van der Waals surface area contributed by atoms with E-state index in [1.54, 1.807) is 18.6 Å². The summed E-state index contributed by atoms with van der Waals surface area (Å²) in [6, 6.07) is 11.6. The van der Waals surface area contributed by atoms with Gasteiger partial charge in [0, 0.05) is 29.5 Å². The number of hydrogen-bond donors (Lipinski definition) is 2. The van der Waals surface area contributed by atoms with E-state index in [0.29, 0.717) is 6.54 Å². The fourth-order valence-electron chi connectivity index (χ4n) is 2.01. The summed E-state index contributed by atoms with van der Waals surface area (Å²) in [7, 11) is 0. The number of nitrogens with one attached hydrogen (secondary N) is 1. The topological polar surface area (TPSA) is 61.3 Å². The molecule has 2 aromatic heterocycles. The summed E-state index contributed by atoms with van der Waals surface area (Å²) >= 11 is 0. The summed E-state index contributed by atoms with van der Waals surface area (Å²) in [6.45, 7) is 0.571. The minimum Gasteiger partial charge on any atom is -0.494 e. The van der Waals surface area contributed by atoms with Gasteiger partial charge in [-0.15, -0.1) is 0 Å². The van der Waals surface area contributed by atoms with Crippen LogP contribution in [0.5, 0.6) is 5.88 Å². The largest absolute Gasteiger partial charge is 0.494 e. The quantitative estimate of drug-likeness (QED) is 0.703. The number of nitrogens with zero attached hydrogens (tertiary/aromatic N) is 2. The number of benzene rings is 1. The van der Waals surface area contributed by atoms with Crippen LogP contribution in [0.3, 0.4) is 0 Å². The van der Waals surface area contributed by atoms with E-state index in [4.69, 9.17) is 0 Å². The first kappa shape index (κ1) is 11.5. The predicted octanol–water partition coefficient (Wildman–Crippen LogP) is 2.89. The summed E-state index contributed by atoms with van der Waals surface area (Å²) < 4.78 is 0. The molecule has 0 spiro atoms. The highest BCUT2D eigenvalue weighted by Gasteiger charge is 2.07. The van der Waals surface area contributed by atoms with Crippen LogP contribution in [0.25, 0.3) is 10.9 Å². The van der Waals surface area contributed by atoms with Crippen molar-refractivity contribution in [2.75, 3.05) is 0 Å². The Kier molecular flexibility index (Phi) is 2.98. The zero-order chi connectivity index (χ0) is 13.1. The van der Waals surface area contributed by atoms with Gasteiger partial charge in [-0.05, 0) is 23.8 Å². The first-order valence-corrected chi connectivity index (χ1v) is 6.03. The third-order valence-corrected chi connectivity index (χ3v) is 2.97. The highest BCUT2D eigenvalue weighted by Crippen LogP contribution is 2.25. The van der Waals surface area contributed by atoms with E-state index < -0.39 is 0 Å². The Morgan fingerprint density at radius 1 is 1.16 bits per heavy atom. The van der Waals surface area contributed by atoms with Gasteiger partial charge in [-0.2, -0.15) is 0 Å². The molecule has 94 valence electrons. The van der Waals surface area contributed by atoms with Crippen molar-refractivity contribution in [1.82, 2.24) is 9.97 Å². The summed E-state index contributed by atoms with van der Waals surface area (Å²) in [6.07, 6.45) is 5.19. The Morgan fingerprint density at radius 2 is 1.95 bits per heavy atom. The lowest BCUT2D eigenvalue weighted by molar-refractivity contribution is 0.457. The number of aliphatic imine (C=N–C) groups is 1. The summed E-state index contributed by atoms with van der Waals surface area (Å²) in [5.41, 5.74) is 2.72. The number of aromatic nitrogens is 2. The van der Waals surface area contributed by atoms with Crippen molar-refractivity contribution >= 4 is 17.1 Å². The van der Waals surface area contributed by atoms with Crippen molar-refractivity contribution in [2.45, 2.75) is 6.54 Å². The van der Waals surface area contributed by atoms with Crippen LogP contribution in [-0.2, 0) is 6.54 Å². The van der Waals surface area contributed by atoms with Gasteiger partial charge < -0.3 is 10.1 Å². The van der Waals surface area contributed by atoms with Crippen molar-refractivity contribution in [2.24, 2.45) is 4.99 Å². The van der Waals surface area contributed by atoms with Crippen LogP contribution in [0.4, 0.5) is 0 Å². The van der Waals surface area contributed by atoms with Crippen molar-refractivity contribution < 1.29 is 5.11 Å². The molecular weight excluding hydrogens is 238 g/mol. The zero-order valence-corrected chi connectivity index (χ0v) is 10.2. The fourth-order valence-corrected chi connectivity index (χ4v) is 2.01. The van der Waals surface area contributed by atoms with Gasteiger partial charge in [0.2, 0.25) is 0 Å². The summed E-state index contributed by atoms with van der Waals surface area (Å²) in [4.78, 5) is 11.3. The molecule has 0 atom stereocenters. The van der Waals surface area contributed by atoms with E-state index in [2.05, 4.69) is 15.0 Å². The molecule has 0 aliphatic heterocycles. The molecule has 19 heavy (non-hydrogen) atoms. The van der Waals surface area contributed by atoms with E-state index in [0.717, 1.165) is 22.0 Å². The number of para-hydroxylation sites is 1. The SMILES string of the molecule is Oc1[nH]c2ccccc2c1C=NCc1ccncc1. The minimum atomic E-state index is 0.152. The monoisotopic (exact) mass is 251 g/mol. The zero-order valence-electron chi connectivity index (χ0n) is 10.2. The standard InChI is InChI=1S/C15H13N3O/c19-15-13(12-3-1-2-4-14(12)18-15)10-17-9-11-5-7-16-8-6-11/h1-8,10,18-19H,9H2. The molecule has 4 heteroatoms. The van der Waals surface area contributed by atoms with Crippen LogP contribution in [-0.4, -0.2) is 21.3 Å². The third-order valence-electron chi connectivity index (χ3n) is 2.97. The highest BCUT2D eigenvalue weighted by atomic mass is 16.3. The highest BCUT2D eigenvalue weighted by molar-refractivity contribution is 6.01. The number of hydrogen-bond acceptors (Lipinski definition) is 3. The van der Waals surface area contributed by atoms with E-state index in [1.165, 1.54) is 0 Å². The van der Waals surface area contributed by atoms with Gasteiger partial charge in [0.05, 0.1) is 12.1 Å². The number of H-pyrrole nitrogens is 1. The molecule has 3 aromatic rings. The first-order chi connectivity index (χ1) is 9.34. The van der Waals surface area contributed by atoms with Crippen LogP contribution in [0, 0.1) is 0 Å². The molecule has 0 saturated heterocycles. The molecule has 0 fully saturated rings. The Hall–Kier alpha value is -2.62. The van der Waals surface area contributed by atoms with Crippen molar-refractivity contribution in [3.63, 3.8) is 0 Å². The third kappa shape index (κ3) is 2.33. The van der Waals surface area contributed by atoms with Crippen LogP contribution < -0.4 is 0 Å². The van der Waals surface area contributed by atoms with E-state index in [9.17, 15) is 5.11 Å². The fraction of sp³-hybridized carbons (Fsp3) is 0.0667. The van der Waals surface area contributed by atoms with Crippen molar-refractivity contribution in [3.05, 3.63) is 59.9 Å². The molecule has 0 amide bonds. The molecule has 2 N–H and O–H groups in total. The number of fused-ring (bicyclic) bond motifs is 1. The van der Waals surface area contributed by atoms with Gasteiger partial charge in [-0.1, -0.05) is 18.2 Å². The molecule has 1 aromatic carbocycles. The molecule has 0 radical (unpaired) electrons. The van der Waals surface area contributed by atoms with Crippen molar-refractivity contribution in [3.8, 4) is 5.88 Å². The second-order valence-electron chi connectivity index (χ2n) is 4.26. The Bertz CT molecular complexity index is 717. The molecule has 0 saturated carbocycles. The van der Waals surface area contributed by atoms with Gasteiger partial charge >= 0.3 is 0 Å². The average molecular weight is 251 g/mol. The van der Waals surface area contributed by atoms with Gasteiger partial charge in [-0.25, -0.2) is 0 Å². The summed E-state index contributed by atoms with van der Waals surface area (Å²) in [5.74, 6) is 0.152. The lowest BCUT2D eigenvalue weighted by Gasteiger charge is -1.95. The molecule has 0 bridgehead atoms. The Balaban J connectivity index is 1.87. The number of aromatic amines is 1. The summed E-state index contributed by atoms with van der Waals surface area (Å²) in [5, 5.41) is 10.8. The van der Waals surface area contributed by atoms with E-state index in [1.807, 2.05) is 36.4 Å². The maximum absolute atomic E-state index is 9.87. The minimum absolute atomic E-state index is 0.152. The number of pyridine rings is 1. The maximum atomic E-state index is 9.87. The molecule has 0 aliphatic rings. The lowest BCUT2D eigenvalue weighted by atomic mass is 10.2. The van der Waals surface area contributed by atoms with Gasteiger partial charge in [0.25, 0.3) is 0 Å². The first-order valence-electron chi connectivity index (χ1n) is 6.03. The van der Waals surface area contributed by atoms with Crippen LogP contribution in [0.2, 0.25) is 0 Å². The molecule has 4 nitrogen and oxygen atoms in total. The van der Waals surface area contributed by atoms with Crippen LogP contribution in [0.15, 0.2) is 53.8 Å².